The molecular formula is C28H33BrN4O4. The van der Waals surface area contributed by atoms with Crippen molar-refractivity contribution in [2.24, 2.45) is 5.73 Å². The number of carbonyl (C=O) groups excluding carboxylic acids is 3. The topological polar surface area (TPSA) is 96.2 Å². The average molecular weight is 570 g/mol. The third-order valence-corrected chi connectivity index (χ3v) is 8.21. The zero-order valence-corrected chi connectivity index (χ0v) is 23.5. The maximum Gasteiger partial charge on any atom is 0.410 e. The summed E-state index contributed by atoms with van der Waals surface area (Å²) < 4.78 is 6.17. The third kappa shape index (κ3) is 4.27. The van der Waals surface area contributed by atoms with Crippen molar-refractivity contribution in [1.82, 2.24) is 4.90 Å². The molecule has 2 aromatic carbocycles. The van der Waals surface area contributed by atoms with E-state index in [9.17, 15) is 14.4 Å². The molecule has 0 radical (unpaired) electrons. The Kier molecular flexibility index (Phi) is 6.05. The number of anilines is 3. The summed E-state index contributed by atoms with van der Waals surface area (Å²) in [5.41, 5.74) is 7.82. The lowest BCUT2D eigenvalue weighted by Gasteiger charge is -2.42. The number of hydrogen-bond acceptors (Lipinski definition) is 5. The molecule has 3 aliphatic rings. The van der Waals surface area contributed by atoms with E-state index < -0.39 is 16.9 Å². The van der Waals surface area contributed by atoms with Gasteiger partial charge in [0.2, 0.25) is 5.91 Å². The van der Waals surface area contributed by atoms with Crippen LogP contribution in [0.5, 0.6) is 0 Å². The highest BCUT2D eigenvalue weighted by atomic mass is 79.9. The van der Waals surface area contributed by atoms with Gasteiger partial charge >= 0.3 is 6.09 Å². The van der Waals surface area contributed by atoms with E-state index in [0.29, 0.717) is 23.2 Å². The quantitative estimate of drug-likeness (QED) is 0.556. The van der Waals surface area contributed by atoms with Crippen LogP contribution in [0.25, 0.3) is 0 Å². The van der Waals surface area contributed by atoms with Gasteiger partial charge in [0.15, 0.2) is 0 Å². The molecule has 2 unspecified atom stereocenters. The van der Waals surface area contributed by atoms with E-state index >= 15 is 0 Å². The number of piperazine rings is 1. The number of fused-ring (bicyclic) bond motifs is 3. The molecule has 2 saturated heterocycles. The first-order chi connectivity index (χ1) is 17.3. The van der Waals surface area contributed by atoms with Crippen molar-refractivity contribution in [3.05, 3.63) is 52.0 Å². The molecule has 3 aliphatic heterocycles. The molecule has 5 rings (SSSR count). The Hall–Kier alpha value is -3.07. The zero-order valence-electron chi connectivity index (χ0n) is 21.9. The number of primary amides is 1. The molecule has 2 aromatic rings. The highest BCUT2D eigenvalue weighted by Gasteiger charge is 2.47. The number of hydrogen-bond donors (Lipinski definition) is 1. The van der Waals surface area contributed by atoms with Crippen LogP contribution in [-0.4, -0.2) is 53.6 Å². The monoisotopic (exact) mass is 568 g/mol. The van der Waals surface area contributed by atoms with Gasteiger partial charge in [-0.15, -0.1) is 0 Å². The molecule has 0 aliphatic carbocycles. The number of carbonyl (C=O) groups is 3. The highest BCUT2D eigenvalue weighted by molar-refractivity contribution is 9.10. The van der Waals surface area contributed by atoms with Gasteiger partial charge in [-0.3, -0.25) is 14.5 Å². The van der Waals surface area contributed by atoms with Gasteiger partial charge in [0.1, 0.15) is 5.60 Å². The summed E-state index contributed by atoms with van der Waals surface area (Å²) >= 11 is 3.43. The van der Waals surface area contributed by atoms with Crippen molar-refractivity contribution in [2.45, 2.75) is 70.6 Å². The van der Waals surface area contributed by atoms with Crippen molar-refractivity contribution >= 4 is 50.9 Å². The number of likely N-dealkylation sites (tertiary alicyclic amines) is 1. The molecule has 196 valence electrons. The summed E-state index contributed by atoms with van der Waals surface area (Å²) in [6.45, 7) is 10.6. The molecule has 2 fully saturated rings. The minimum atomic E-state index is -0.764. The fourth-order valence-corrected chi connectivity index (χ4v) is 6.43. The Morgan fingerprint density at radius 3 is 2.30 bits per heavy atom. The lowest BCUT2D eigenvalue weighted by atomic mass is 9.86. The normalized spacial score (nSPS) is 22.3. The van der Waals surface area contributed by atoms with E-state index in [4.69, 9.17) is 10.5 Å². The van der Waals surface area contributed by atoms with E-state index in [-0.39, 0.29) is 29.6 Å². The number of rotatable bonds is 3. The number of halogens is 1. The van der Waals surface area contributed by atoms with Gasteiger partial charge in [0, 0.05) is 35.3 Å². The Labute approximate surface area is 225 Å². The first-order valence-corrected chi connectivity index (χ1v) is 13.4. The van der Waals surface area contributed by atoms with Crippen LogP contribution in [0, 0.1) is 0 Å². The van der Waals surface area contributed by atoms with Gasteiger partial charge in [0.05, 0.1) is 22.4 Å². The van der Waals surface area contributed by atoms with Crippen molar-refractivity contribution in [3.8, 4) is 0 Å². The molecule has 2 atom stereocenters. The molecule has 9 heteroatoms. The molecular weight excluding hydrogens is 536 g/mol. The summed E-state index contributed by atoms with van der Waals surface area (Å²) in [5.74, 6) is -0.716. The summed E-state index contributed by atoms with van der Waals surface area (Å²) in [4.78, 5) is 44.7. The Bertz CT molecular complexity index is 1290. The number of ether oxygens (including phenoxy) is 1. The van der Waals surface area contributed by atoms with Crippen LogP contribution >= 0.6 is 15.9 Å². The van der Waals surface area contributed by atoms with Crippen molar-refractivity contribution < 1.29 is 19.1 Å². The predicted octanol–water partition coefficient (Wildman–Crippen LogP) is 5.09. The van der Waals surface area contributed by atoms with Gasteiger partial charge in [-0.25, -0.2) is 4.79 Å². The van der Waals surface area contributed by atoms with Crippen LogP contribution in [0.4, 0.5) is 21.9 Å². The molecule has 0 spiro atoms. The first-order valence-electron chi connectivity index (χ1n) is 12.6. The van der Waals surface area contributed by atoms with Gasteiger partial charge in [0.25, 0.3) is 5.91 Å². The Balaban J connectivity index is 1.51. The molecule has 3 heterocycles. The van der Waals surface area contributed by atoms with E-state index in [1.807, 2.05) is 51.7 Å². The van der Waals surface area contributed by atoms with Crippen LogP contribution in [0.1, 0.15) is 63.4 Å². The second kappa shape index (κ2) is 8.75. The summed E-state index contributed by atoms with van der Waals surface area (Å²) in [6.07, 6.45) is 1.68. The maximum absolute atomic E-state index is 13.7. The SMILES string of the molecule is CC(C)(C)OC(=O)N1CC2CCC(C1)N2c1ccc2c(c1)N(c1cccc(Br)c1C(N)=O)C(=O)C2(C)C. The minimum absolute atomic E-state index is 0.113. The Morgan fingerprint density at radius 2 is 1.70 bits per heavy atom. The summed E-state index contributed by atoms with van der Waals surface area (Å²) in [7, 11) is 0. The van der Waals surface area contributed by atoms with E-state index in [2.05, 4.69) is 26.9 Å². The number of nitrogens with zero attached hydrogens (tertiary/aromatic N) is 3. The van der Waals surface area contributed by atoms with E-state index in [1.54, 1.807) is 23.1 Å². The maximum atomic E-state index is 13.7. The molecule has 0 saturated carbocycles. The van der Waals surface area contributed by atoms with E-state index in [1.165, 1.54) is 0 Å². The fourth-order valence-electron chi connectivity index (χ4n) is 5.88. The van der Waals surface area contributed by atoms with Crippen LogP contribution in [0.3, 0.4) is 0 Å². The highest BCUT2D eigenvalue weighted by Crippen LogP contribution is 2.49. The zero-order chi connectivity index (χ0) is 26.9. The lowest BCUT2D eigenvalue weighted by molar-refractivity contribution is -0.121. The first kappa shape index (κ1) is 25.6. The molecule has 2 N–H and O–H groups in total. The van der Waals surface area contributed by atoms with Crippen LogP contribution in [-0.2, 0) is 14.9 Å². The molecule has 3 amide bonds. The van der Waals surface area contributed by atoms with Gasteiger partial charge in [-0.05, 0) is 93.2 Å². The lowest BCUT2D eigenvalue weighted by Crippen LogP contribution is -2.56. The van der Waals surface area contributed by atoms with Gasteiger partial charge in [-0.1, -0.05) is 12.1 Å². The molecule has 37 heavy (non-hydrogen) atoms. The summed E-state index contributed by atoms with van der Waals surface area (Å²) in [5, 5.41) is 0. The minimum Gasteiger partial charge on any atom is -0.444 e. The average Bonchev–Trinajstić information content (AvgIpc) is 3.17. The van der Waals surface area contributed by atoms with Crippen molar-refractivity contribution in [1.29, 1.82) is 0 Å². The van der Waals surface area contributed by atoms with Gasteiger partial charge < -0.3 is 20.3 Å². The Morgan fingerprint density at radius 1 is 1.05 bits per heavy atom. The van der Waals surface area contributed by atoms with E-state index in [0.717, 1.165) is 29.8 Å². The predicted molar refractivity (Wildman–Crippen MR) is 146 cm³/mol. The standard InChI is InChI=1S/C28H33BrN4O4/c1-27(2,3)37-26(36)31-14-17-9-10-18(15-31)32(17)16-11-12-19-22(13-16)33(25(35)28(19,4)5)21-8-6-7-20(29)23(21)24(30)34/h6-8,11-13,17-18H,9-10,14-15H2,1-5H3,(H2,30,34). The fraction of sp³-hybridized carbons (Fsp3) is 0.464. The molecule has 8 nitrogen and oxygen atoms in total. The second-order valence-corrected chi connectivity index (χ2v) is 12.5. The van der Waals surface area contributed by atoms with Crippen LogP contribution < -0.4 is 15.5 Å². The third-order valence-electron chi connectivity index (χ3n) is 7.54. The number of amides is 3. The number of benzene rings is 2. The molecule has 2 bridgehead atoms. The summed E-state index contributed by atoms with van der Waals surface area (Å²) in [6, 6.07) is 11.8. The molecule has 0 aromatic heterocycles. The van der Waals surface area contributed by atoms with Crippen LogP contribution in [0.15, 0.2) is 40.9 Å². The smallest absolute Gasteiger partial charge is 0.410 e. The largest absolute Gasteiger partial charge is 0.444 e. The van der Waals surface area contributed by atoms with Crippen LogP contribution in [0.2, 0.25) is 0 Å². The van der Waals surface area contributed by atoms with Gasteiger partial charge in [-0.2, -0.15) is 0 Å². The van der Waals surface area contributed by atoms with Crippen molar-refractivity contribution in [2.75, 3.05) is 22.9 Å². The van der Waals surface area contributed by atoms with Crippen molar-refractivity contribution in [3.63, 3.8) is 0 Å². The second-order valence-electron chi connectivity index (χ2n) is 11.6. The number of nitrogens with two attached hydrogens (primary N) is 1.